The van der Waals surface area contributed by atoms with Crippen molar-refractivity contribution in [1.82, 2.24) is 15.1 Å². The number of benzene rings is 2. The standard InChI is InChI=1S/C21H20N4O/c1-13-9-10-17-12-18(21-23-15(3)26-25-21)20(24-19(17)11-13)22-14(2)16-7-5-4-6-8-16/h4-12,14H,1-3H3,(H,22,24)/t14-/m1/s1. The molecular weight excluding hydrogens is 324 g/mol. The van der Waals surface area contributed by atoms with Gasteiger partial charge in [-0.1, -0.05) is 47.6 Å². The zero-order chi connectivity index (χ0) is 18.1. The second kappa shape index (κ2) is 6.59. The molecule has 1 N–H and O–H groups in total. The number of nitrogens with zero attached hydrogens (tertiary/aromatic N) is 3. The summed E-state index contributed by atoms with van der Waals surface area (Å²) < 4.78 is 5.18. The van der Waals surface area contributed by atoms with Crippen LogP contribution in [0.1, 0.15) is 30.0 Å². The topological polar surface area (TPSA) is 63.8 Å². The third kappa shape index (κ3) is 3.16. The van der Waals surface area contributed by atoms with Crippen LogP contribution in [0.2, 0.25) is 0 Å². The Bertz CT molecular complexity index is 1060. The lowest BCUT2D eigenvalue weighted by molar-refractivity contribution is 0.394. The van der Waals surface area contributed by atoms with Gasteiger partial charge in [-0.2, -0.15) is 4.98 Å². The molecule has 5 nitrogen and oxygen atoms in total. The van der Waals surface area contributed by atoms with E-state index in [1.54, 1.807) is 6.92 Å². The molecule has 1 atom stereocenters. The average Bonchev–Trinajstić information content (AvgIpc) is 3.08. The van der Waals surface area contributed by atoms with Crippen LogP contribution in [0.25, 0.3) is 22.3 Å². The van der Waals surface area contributed by atoms with Crippen LogP contribution >= 0.6 is 0 Å². The molecule has 130 valence electrons. The van der Waals surface area contributed by atoms with E-state index in [-0.39, 0.29) is 6.04 Å². The van der Waals surface area contributed by atoms with Crippen molar-refractivity contribution in [3.63, 3.8) is 0 Å². The normalized spacial score (nSPS) is 12.3. The Hall–Kier alpha value is -3.21. The Balaban J connectivity index is 1.82. The minimum Gasteiger partial charge on any atom is -0.363 e. The van der Waals surface area contributed by atoms with Crippen LogP contribution < -0.4 is 5.32 Å². The Morgan fingerprint density at radius 2 is 1.77 bits per heavy atom. The molecule has 0 amide bonds. The number of anilines is 1. The molecule has 2 aromatic heterocycles. The van der Waals surface area contributed by atoms with Crippen LogP contribution in [-0.2, 0) is 0 Å². The lowest BCUT2D eigenvalue weighted by atomic mass is 10.1. The number of aromatic nitrogens is 3. The predicted octanol–water partition coefficient (Wildman–Crippen LogP) is 5.07. The van der Waals surface area contributed by atoms with E-state index in [1.165, 1.54) is 11.1 Å². The maximum absolute atomic E-state index is 5.18. The molecule has 4 aromatic rings. The fourth-order valence-corrected chi connectivity index (χ4v) is 3.00. The summed E-state index contributed by atoms with van der Waals surface area (Å²) in [4.78, 5) is 9.24. The first-order valence-corrected chi connectivity index (χ1v) is 8.64. The summed E-state index contributed by atoms with van der Waals surface area (Å²) in [6.07, 6.45) is 0. The third-order valence-corrected chi connectivity index (χ3v) is 4.39. The van der Waals surface area contributed by atoms with E-state index in [0.717, 1.165) is 22.3 Å². The van der Waals surface area contributed by atoms with Crippen molar-refractivity contribution in [3.05, 3.63) is 71.6 Å². The molecule has 2 aromatic carbocycles. The first-order valence-electron chi connectivity index (χ1n) is 8.64. The van der Waals surface area contributed by atoms with Crippen molar-refractivity contribution < 1.29 is 4.52 Å². The van der Waals surface area contributed by atoms with Gasteiger partial charge in [0.15, 0.2) is 0 Å². The van der Waals surface area contributed by atoms with Crippen LogP contribution in [0.3, 0.4) is 0 Å². The SMILES string of the molecule is Cc1ccc2cc(-c3noc(C)n3)c(N[C@H](C)c3ccccc3)nc2c1. The largest absolute Gasteiger partial charge is 0.363 e. The van der Waals surface area contributed by atoms with E-state index >= 15 is 0 Å². The highest BCUT2D eigenvalue weighted by Gasteiger charge is 2.16. The number of hydrogen-bond acceptors (Lipinski definition) is 5. The van der Waals surface area contributed by atoms with Gasteiger partial charge >= 0.3 is 0 Å². The molecule has 26 heavy (non-hydrogen) atoms. The molecule has 4 rings (SSSR count). The third-order valence-electron chi connectivity index (χ3n) is 4.39. The quantitative estimate of drug-likeness (QED) is 0.559. The highest BCUT2D eigenvalue weighted by molar-refractivity contribution is 5.88. The van der Waals surface area contributed by atoms with Gasteiger partial charge in [0, 0.05) is 18.4 Å². The van der Waals surface area contributed by atoms with Crippen molar-refractivity contribution in [3.8, 4) is 11.4 Å². The lowest BCUT2D eigenvalue weighted by Crippen LogP contribution is -2.09. The van der Waals surface area contributed by atoms with Crippen molar-refractivity contribution in [2.75, 3.05) is 5.32 Å². The Kier molecular flexibility index (Phi) is 4.13. The van der Waals surface area contributed by atoms with Crippen LogP contribution in [0.4, 0.5) is 5.82 Å². The molecule has 0 bridgehead atoms. The molecule has 0 fully saturated rings. The zero-order valence-corrected chi connectivity index (χ0v) is 15.0. The van der Waals surface area contributed by atoms with Gasteiger partial charge in [0.1, 0.15) is 5.82 Å². The van der Waals surface area contributed by atoms with Gasteiger partial charge in [0.2, 0.25) is 11.7 Å². The Labute approximate surface area is 152 Å². The number of fused-ring (bicyclic) bond motifs is 1. The average molecular weight is 344 g/mol. The van der Waals surface area contributed by atoms with Gasteiger partial charge in [0.25, 0.3) is 0 Å². The number of pyridine rings is 1. The highest BCUT2D eigenvalue weighted by Crippen LogP contribution is 2.31. The fraction of sp³-hybridized carbons (Fsp3) is 0.190. The molecule has 0 aliphatic rings. The van der Waals surface area contributed by atoms with E-state index in [1.807, 2.05) is 18.2 Å². The lowest BCUT2D eigenvalue weighted by Gasteiger charge is -2.17. The van der Waals surface area contributed by atoms with Crippen LogP contribution in [0.15, 0.2) is 59.1 Å². The molecule has 0 saturated carbocycles. The van der Waals surface area contributed by atoms with Gasteiger partial charge in [-0.25, -0.2) is 4.98 Å². The van der Waals surface area contributed by atoms with Crippen molar-refractivity contribution in [1.29, 1.82) is 0 Å². The van der Waals surface area contributed by atoms with Gasteiger partial charge in [-0.15, -0.1) is 0 Å². The summed E-state index contributed by atoms with van der Waals surface area (Å²) in [7, 11) is 0. The molecule has 0 aliphatic heterocycles. The van der Waals surface area contributed by atoms with Gasteiger partial charge in [-0.3, -0.25) is 0 Å². The zero-order valence-electron chi connectivity index (χ0n) is 15.0. The summed E-state index contributed by atoms with van der Waals surface area (Å²) in [5.74, 6) is 1.83. The van der Waals surface area contributed by atoms with E-state index in [2.05, 4.69) is 65.7 Å². The van der Waals surface area contributed by atoms with E-state index < -0.39 is 0 Å². The van der Waals surface area contributed by atoms with E-state index in [0.29, 0.717) is 11.7 Å². The van der Waals surface area contributed by atoms with Crippen LogP contribution in [0.5, 0.6) is 0 Å². The van der Waals surface area contributed by atoms with Crippen molar-refractivity contribution >= 4 is 16.7 Å². The number of rotatable bonds is 4. The van der Waals surface area contributed by atoms with E-state index in [4.69, 9.17) is 9.51 Å². The minimum absolute atomic E-state index is 0.0951. The second-order valence-corrected chi connectivity index (χ2v) is 6.49. The second-order valence-electron chi connectivity index (χ2n) is 6.49. The molecular formula is C21H20N4O. The summed E-state index contributed by atoms with van der Waals surface area (Å²) in [6.45, 7) is 5.97. The van der Waals surface area contributed by atoms with Crippen LogP contribution in [0, 0.1) is 13.8 Å². The summed E-state index contributed by atoms with van der Waals surface area (Å²) in [6, 6.07) is 18.7. The Morgan fingerprint density at radius 1 is 0.962 bits per heavy atom. The molecule has 0 spiro atoms. The first kappa shape index (κ1) is 16.3. The predicted molar refractivity (Wildman–Crippen MR) is 103 cm³/mol. The Morgan fingerprint density at radius 3 is 2.50 bits per heavy atom. The fourth-order valence-electron chi connectivity index (χ4n) is 3.00. The summed E-state index contributed by atoms with van der Waals surface area (Å²) in [5.41, 5.74) is 4.14. The van der Waals surface area contributed by atoms with Gasteiger partial charge in [0.05, 0.1) is 11.1 Å². The molecule has 2 heterocycles. The molecule has 0 unspecified atom stereocenters. The maximum Gasteiger partial charge on any atom is 0.223 e. The number of nitrogens with one attached hydrogen (secondary N) is 1. The van der Waals surface area contributed by atoms with E-state index in [9.17, 15) is 0 Å². The molecule has 0 saturated heterocycles. The van der Waals surface area contributed by atoms with Crippen molar-refractivity contribution in [2.24, 2.45) is 0 Å². The molecule has 0 aliphatic carbocycles. The highest BCUT2D eigenvalue weighted by atomic mass is 16.5. The maximum atomic E-state index is 5.18. The summed E-state index contributed by atoms with van der Waals surface area (Å²) in [5, 5.41) is 8.65. The first-order chi connectivity index (χ1) is 12.6. The number of aryl methyl sites for hydroxylation is 2. The monoisotopic (exact) mass is 344 g/mol. The molecule has 0 radical (unpaired) electrons. The van der Waals surface area contributed by atoms with Crippen LogP contribution in [-0.4, -0.2) is 15.1 Å². The summed E-state index contributed by atoms with van der Waals surface area (Å²) >= 11 is 0. The van der Waals surface area contributed by atoms with Gasteiger partial charge in [-0.05, 0) is 37.1 Å². The molecule has 5 heteroatoms. The smallest absolute Gasteiger partial charge is 0.223 e. The van der Waals surface area contributed by atoms with Gasteiger partial charge < -0.3 is 9.84 Å². The minimum atomic E-state index is 0.0951. The van der Waals surface area contributed by atoms with Crippen molar-refractivity contribution in [2.45, 2.75) is 26.8 Å². The number of hydrogen-bond donors (Lipinski definition) is 1.